The van der Waals surface area contributed by atoms with Gasteiger partial charge in [-0.1, -0.05) is 11.8 Å². The number of pyridine rings is 1. The van der Waals surface area contributed by atoms with Crippen molar-refractivity contribution >= 4 is 55.3 Å². The number of ether oxygens (including phenoxy) is 2. The Morgan fingerprint density at radius 2 is 2.09 bits per heavy atom. The second-order valence-electron chi connectivity index (χ2n) is 8.96. The Morgan fingerprint density at radius 1 is 1.31 bits per heavy atom. The van der Waals surface area contributed by atoms with Crippen molar-refractivity contribution in [3.63, 3.8) is 0 Å². The van der Waals surface area contributed by atoms with E-state index in [0.717, 1.165) is 50.8 Å². The number of anilines is 1. The van der Waals surface area contributed by atoms with E-state index in [-0.39, 0.29) is 16.8 Å². The molecule has 1 saturated heterocycles. The minimum atomic E-state index is -0.340. The number of thiophene rings is 1. The van der Waals surface area contributed by atoms with E-state index < -0.39 is 0 Å². The Balaban J connectivity index is 1.67. The summed E-state index contributed by atoms with van der Waals surface area (Å²) in [6.07, 6.45) is 4.82. The molecule has 0 aromatic carbocycles. The first-order valence-electron chi connectivity index (χ1n) is 11.2. The number of esters is 1. The lowest BCUT2D eigenvalue weighted by Gasteiger charge is -2.34. The highest BCUT2D eigenvalue weighted by atomic mass is 32.2. The third-order valence-electron chi connectivity index (χ3n) is 6.09. The van der Waals surface area contributed by atoms with Crippen LogP contribution >= 0.6 is 23.1 Å². The summed E-state index contributed by atoms with van der Waals surface area (Å²) in [7, 11) is 0. The number of hydrogen-bond acceptors (Lipinski definition) is 9. The summed E-state index contributed by atoms with van der Waals surface area (Å²) in [5.41, 5.74) is 3.19. The van der Waals surface area contributed by atoms with E-state index in [0.29, 0.717) is 13.2 Å². The van der Waals surface area contributed by atoms with Crippen LogP contribution in [0.4, 0.5) is 5.82 Å². The SMILES string of the molecule is CCOC(=O)C(C)Sc1ncnc2c1sc1nc(N3CCCC3)c3c(c12)CC(C)(C)OC3. The van der Waals surface area contributed by atoms with Crippen LogP contribution in [0.25, 0.3) is 20.4 Å². The van der Waals surface area contributed by atoms with Crippen LogP contribution in [0.1, 0.15) is 51.7 Å². The van der Waals surface area contributed by atoms with Crippen molar-refractivity contribution < 1.29 is 14.3 Å². The first kappa shape index (κ1) is 21.9. The Bertz CT molecular complexity index is 1190. The number of nitrogens with zero attached hydrogens (tertiary/aromatic N) is 4. The van der Waals surface area contributed by atoms with Crippen molar-refractivity contribution in [1.29, 1.82) is 0 Å². The molecule has 1 unspecified atom stereocenters. The van der Waals surface area contributed by atoms with Gasteiger partial charge in [-0.3, -0.25) is 4.79 Å². The molecule has 170 valence electrons. The molecule has 9 heteroatoms. The van der Waals surface area contributed by atoms with Crippen LogP contribution in [0, 0.1) is 0 Å². The summed E-state index contributed by atoms with van der Waals surface area (Å²) in [5.74, 6) is 0.838. The first-order chi connectivity index (χ1) is 15.4. The Labute approximate surface area is 195 Å². The molecule has 1 atom stereocenters. The van der Waals surface area contributed by atoms with Crippen LogP contribution in [-0.2, 0) is 27.3 Å². The highest BCUT2D eigenvalue weighted by Crippen LogP contribution is 2.45. The predicted molar refractivity (Wildman–Crippen MR) is 129 cm³/mol. The highest BCUT2D eigenvalue weighted by molar-refractivity contribution is 8.00. The molecule has 2 aliphatic heterocycles. The van der Waals surface area contributed by atoms with E-state index in [1.54, 1.807) is 17.7 Å². The van der Waals surface area contributed by atoms with E-state index in [4.69, 9.17) is 14.5 Å². The first-order valence-corrected chi connectivity index (χ1v) is 12.9. The molecule has 3 aromatic rings. The lowest BCUT2D eigenvalue weighted by molar-refractivity contribution is -0.142. The average molecular weight is 473 g/mol. The second kappa shape index (κ2) is 8.43. The van der Waals surface area contributed by atoms with Gasteiger partial charge in [-0.15, -0.1) is 11.3 Å². The molecule has 2 aliphatic rings. The molecule has 0 amide bonds. The largest absolute Gasteiger partial charge is 0.465 e. The van der Waals surface area contributed by atoms with E-state index in [9.17, 15) is 4.79 Å². The van der Waals surface area contributed by atoms with Crippen molar-refractivity contribution in [3.05, 3.63) is 17.5 Å². The van der Waals surface area contributed by atoms with Gasteiger partial charge in [0.05, 0.1) is 29.0 Å². The molecule has 3 aromatic heterocycles. The number of thioether (sulfide) groups is 1. The maximum Gasteiger partial charge on any atom is 0.319 e. The molecule has 0 saturated carbocycles. The van der Waals surface area contributed by atoms with Gasteiger partial charge in [-0.05, 0) is 46.1 Å². The van der Waals surface area contributed by atoms with Gasteiger partial charge >= 0.3 is 5.97 Å². The van der Waals surface area contributed by atoms with Crippen LogP contribution in [0.2, 0.25) is 0 Å². The Kier molecular flexibility index (Phi) is 5.75. The van der Waals surface area contributed by atoms with E-state index in [1.165, 1.54) is 35.7 Å². The molecule has 5 rings (SSSR count). The van der Waals surface area contributed by atoms with Crippen molar-refractivity contribution in [1.82, 2.24) is 15.0 Å². The zero-order valence-corrected chi connectivity index (χ0v) is 20.6. The number of aromatic nitrogens is 3. The van der Waals surface area contributed by atoms with Crippen LogP contribution in [0.5, 0.6) is 0 Å². The predicted octanol–water partition coefficient (Wildman–Crippen LogP) is 4.73. The second-order valence-corrected chi connectivity index (χ2v) is 11.3. The minimum Gasteiger partial charge on any atom is -0.465 e. The van der Waals surface area contributed by atoms with Gasteiger partial charge in [0.2, 0.25) is 0 Å². The van der Waals surface area contributed by atoms with E-state index >= 15 is 0 Å². The molecular formula is C23H28N4O3S2. The summed E-state index contributed by atoms with van der Waals surface area (Å²) in [6.45, 7) is 11.0. The summed E-state index contributed by atoms with van der Waals surface area (Å²) in [4.78, 5) is 29.9. The fourth-order valence-corrected chi connectivity index (χ4v) is 6.64. The molecule has 0 spiro atoms. The maximum absolute atomic E-state index is 12.2. The zero-order chi connectivity index (χ0) is 22.5. The zero-order valence-electron chi connectivity index (χ0n) is 18.9. The van der Waals surface area contributed by atoms with Crippen molar-refractivity contribution in [2.45, 2.75) is 69.4 Å². The molecule has 7 nitrogen and oxygen atoms in total. The molecule has 0 bridgehead atoms. The van der Waals surface area contributed by atoms with Gasteiger partial charge < -0.3 is 14.4 Å². The molecular weight excluding hydrogens is 444 g/mol. The minimum absolute atomic E-state index is 0.226. The molecule has 0 radical (unpaired) electrons. The third-order valence-corrected chi connectivity index (χ3v) is 8.37. The fourth-order valence-electron chi connectivity index (χ4n) is 4.52. The molecule has 1 fully saturated rings. The number of rotatable bonds is 5. The third kappa shape index (κ3) is 3.84. The molecule has 32 heavy (non-hydrogen) atoms. The van der Waals surface area contributed by atoms with Crippen molar-refractivity contribution in [2.24, 2.45) is 0 Å². The topological polar surface area (TPSA) is 77.4 Å². The van der Waals surface area contributed by atoms with Crippen molar-refractivity contribution in [2.75, 3.05) is 24.6 Å². The Morgan fingerprint density at radius 3 is 2.84 bits per heavy atom. The van der Waals surface area contributed by atoms with Gasteiger partial charge in [0.1, 0.15) is 27.3 Å². The van der Waals surface area contributed by atoms with Gasteiger partial charge in [0, 0.05) is 30.5 Å². The Hall–Kier alpha value is -1.97. The summed E-state index contributed by atoms with van der Waals surface area (Å²) in [5, 5.41) is 1.58. The normalized spacial score (nSPS) is 18.8. The molecule has 0 N–H and O–H groups in total. The number of carbonyl (C=O) groups excluding carboxylic acids is 1. The van der Waals surface area contributed by atoms with Gasteiger partial charge in [-0.2, -0.15) is 0 Å². The maximum atomic E-state index is 12.2. The van der Waals surface area contributed by atoms with Crippen LogP contribution < -0.4 is 4.90 Å². The van der Waals surface area contributed by atoms with Crippen molar-refractivity contribution in [3.8, 4) is 0 Å². The molecule has 0 aliphatic carbocycles. The van der Waals surface area contributed by atoms with Gasteiger partial charge in [0.25, 0.3) is 0 Å². The smallest absolute Gasteiger partial charge is 0.319 e. The number of fused-ring (bicyclic) bond motifs is 5. The lowest BCUT2D eigenvalue weighted by Crippen LogP contribution is -2.33. The quantitative estimate of drug-likeness (QED) is 0.300. The van der Waals surface area contributed by atoms with Crippen LogP contribution in [0.3, 0.4) is 0 Å². The number of carbonyl (C=O) groups is 1. The van der Waals surface area contributed by atoms with Crippen LogP contribution in [-0.4, -0.2) is 51.5 Å². The lowest BCUT2D eigenvalue weighted by atomic mass is 9.90. The fraction of sp³-hybridized carbons (Fsp3) is 0.565. The molecule has 5 heterocycles. The van der Waals surface area contributed by atoms with E-state index in [1.807, 2.05) is 13.8 Å². The summed E-state index contributed by atoms with van der Waals surface area (Å²) >= 11 is 3.05. The monoisotopic (exact) mass is 472 g/mol. The summed E-state index contributed by atoms with van der Waals surface area (Å²) < 4.78 is 12.4. The van der Waals surface area contributed by atoms with Gasteiger partial charge in [0.15, 0.2) is 0 Å². The summed E-state index contributed by atoms with van der Waals surface area (Å²) in [6, 6.07) is 0. The van der Waals surface area contributed by atoms with Gasteiger partial charge in [-0.25, -0.2) is 15.0 Å². The standard InChI is InChI=1S/C23H28N4O3S2/c1-5-29-22(28)13(2)31-21-18-17(24-12-25-21)16-14-10-23(3,4)30-11-15(14)19(26-20(16)32-18)27-8-6-7-9-27/h12-13H,5-11H2,1-4H3. The average Bonchev–Trinajstić information content (AvgIpc) is 3.41. The van der Waals surface area contributed by atoms with E-state index in [2.05, 4.69) is 28.7 Å². The number of hydrogen-bond donors (Lipinski definition) is 0. The highest BCUT2D eigenvalue weighted by Gasteiger charge is 2.33. The van der Waals surface area contributed by atoms with Crippen LogP contribution in [0.15, 0.2) is 11.4 Å².